The van der Waals surface area contributed by atoms with Crippen molar-refractivity contribution >= 4 is 22.9 Å². The van der Waals surface area contributed by atoms with E-state index >= 15 is 0 Å². The van der Waals surface area contributed by atoms with Gasteiger partial charge in [-0.2, -0.15) is 5.10 Å². The molecule has 3 aromatic rings. The summed E-state index contributed by atoms with van der Waals surface area (Å²) in [5.41, 5.74) is 2.70. The summed E-state index contributed by atoms with van der Waals surface area (Å²) in [5.74, 6) is 0.553. The maximum Gasteiger partial charge on any atom is 0.265 e. The van der Waals surface area contributed by atoms with Crippen LogP contribution in [0.1, 0.15) is 9.67 Å². The van der Waals surface area contributed by atoms with Gasteiger partial charge in [0.2, 0.25) is 0 Å². The van der Waals surface area contributed by atoms with Crippen LogP contribution in [-0.2, 0) is 0 Å². The molecule has 0 unspecified atom stereocenters. The summed E-state index contributed by atoms with van der Waals surface area (Å²) in [4.78, 5) is 12.7. The quantitative estimate of drug-likeness (QED) is 0.776. The summed E-state index contributed by atoms with van der Waals surface area (Å²) in [6, 6.07) is 11.2. The molecule has 6 heteroatoms. The zero-order valence-corrected chi connectivity index (χ0v) is 12.1. The lowest BCUT2D eigenvalue weighted by molar-refractivity contribution is 0.103. The molecular formula is C15H13N3O2S. The smallest absolute Gasteiger partial charge is 0.265 e. The van der Waals surface area contributed by atoms with Crippen LogP contribution in [0, 0.1) is 0 Å². The summed E-state index contributed by atoms with van der Waals surface area (Å²) < 4.78 is 5.07. The molecule has 0 aliphatic carbocycles. The number of ether oxygens (including phenoxy) is 1. The van der Waals surface area contributed by atoms with Crippen molar-refractivity contribution in [1.29, 1.82) is 0 Å². The molecule has 0 aliphatic heterocycles. The van der Waals surface area contributed by atoms with E-state index in [1.807, 2.05) is 30.3 Å². The Hall–Kier alpha value is -2.60. The first-order valence-corrected chi connectivity index (χ1v) is 7.18. The van der Waals surface area contributed by atoms with Crippen molar-refractivity contribution in [1.82, 2.24) is 10.2 Å². The molecule has 0 saturated heterocycles. The molecule has 106 valence electrons. The van der Waals surface area contributed by atoms with Crippen LogP contribution in [-0.4, -0.2) is 23.2 Å². The van der Waals surface area contributed by atoms with Crippen LogP contribution in [0.5, 0.6) is 5.75 Å². The third-order valence-electron chi connectivity index (χ3n) is 2.99. The topological polar surface area (TPSA) is 67.0 Å². The number of amides is 1. The number of rotatable bonds is 4. The largest absolute Gasteiger partial charge is 0.496 e. The van der Waals surface area contributed by atoms with E-state index in [2.05, 4.69) is 15.5 Å². The van der Waals surface area contributed by atoms with Crippen LogP contribution in [0.3, 0.4) is 0 Å². The van der Waals surface area contributed by atoms with Crippen molar-refractivity contribution in [2.24, 2.45) is 0 Å². The third kappa shape index (κ3) is 2.95. The minimum atomic E-state index is -0.141. The maximum absolute atomic E-state index is 12.1. The molecule has 5 nitrogen and oxygen atoms in total. The molecule has 0 bridgehead atoms. The number of methoxy groups -OCH3 is 1. The molecule has 0 spiro atoms. The van der Waals surface area contributed by atoms with Gasteiger partial charge in [-0.3, -0.25) is 9.89 Å². The first kappa shape index (κ1) is 13.4. The monoisotopic (exact) mass is 299 g/mol. The molecule has 0 fully saturated rings. The number of nitrogens with one attached hydrogen (secondary N) is 2. The van der Waals surface area contributed by atoms with Gasteiger partial charge in [0.1, 0.15) is 5.75 Å². The van der Waals surface area contributed by atoms with Gasteiger partial charge in [0.25, 0.3) is 5.91 Å². The van der Waals surface area contributed by atoms with Gasteiger partial charge in [-0.15, -0.1) is 11.3 Å². The van der Waals surface area contributed by atoms with Crippen LogP contribution in [0.2, 0.25) is 0 Å². The second-order valence-electron chi connectivity index (χ2n) is 4.35. The van der Waals surface area contributed by atoms with Crippen LogP contribution in [0.15, 0.2) is 48.0 Å². The fourth-order valence-corrected chi connectivity index (χ4v) is 2.64. The Balaban J connectivity index is 1.71. The van der Waals surface area contributed by atoms with E-state index in [-0.39, 0.29) is 5.91 Å². The standard InChI is InChI=1S/C15H13N3O2S/c1-20-12-8-14(21-9-12)15(19)17-11-4-2-10(3-5-11)13-6-7-16-18-13/h2-9H,1H3,(H,16,18)(H,17,19). The highest BCUT2D eigenvalue weighted by molar-refractivity contribution is 7.12. The molecule has 2 heterocycles. The van der Waals surface area contributed by atoms with E-state index in [4.69, 9.17) is 4.74 Å². The van der Waals surface area contributed by atoms with Gasteiger partial charge >= 0.3 is 0 Å². The Bertz CT molecular complexity index is 733. The van der Waals surface area contributed by atoms with Gasteiger partial charge in [-0.05, 0) is 23.8 Å². The molecule has 0 aliphatic rings. The maximum atomic E-state index is 12.1. The van der Waals surface area contributed by atoms with E-state index in [0.717, 1.165) is 16.9 Å². The van der Waals surface area contributed by atoms with Crippen molar-refractivity contribution in [2.75, 3.05) is 12.4 Å². The SMILES string of the molecule is COc1csc(C(=O)Nc2ccc(-c3ccn[nH]3)cc2)c1. The van der Waals surface area contributed by atoms with Crippen molar-refractivity contribution in [3.63, 3.8) is 0 Å². The summed E-state index contributed by atoms with van der Waals surface area (Å²) in [6.07, 6.45) is 1.70. The number of anilines is 1. The zero-order chi connectivity index (χ0) is 14.7. The Morgan fingerprint density at radius 3 is 2.71 bits per heavy atom. The number of hydrogen-bond donors (Lipinski definition) is 2. The van der Waals surface area contributed by atoms with Crippen LogP contribution in [0.25, 0.3) is 11.3 Å². The number of benzene rings is 1. The highest BCUT2D eigenvalue weighted by Gasteiger charge is 2.10. The summed E-state index contributed by atoms with van der Waals surface area (Å²) in [7, 11) is 1.58. The number of thiophene rings is 1. The second kappa shape index (κ2) is 5.80. The Morgan fingerprint density at radius 1 is 1.29 bits per heavy atom. The summed E-state index contributed by atoms with van der Waals surface area (Å²) in [5, 5.41) is 11.5. The molecular weight excluding hydrogens is 286 g/mol. The molecule has 0 radical (unpaired) electrons. The average molecular weight is 299 g/mol. The van der Waals surface area contributed by atoms with Crippen molar-refractivity contribution in [3.05, 3.63) is 52.9 Å². The van der Waals surface area contributed by atoms with Crippen LogP contribution >= 0.6 is 11.3 Å². The summed E-state index contributed by atoms with van der Waals surface area (Å²) in [6.45, 7) is 0. The molecule has 0 atom stereocenters. The number of hydrogen-bond acceptors (Lipinski definition) is 4. The average Bonchev–Trinajstić information content (AvgIpc) is 3.19. The van der Waals surface area contributed by atoms with E-state index in [1.54, 1.807) is 24.8 Å². The fraction of sp³-hybridized carbons (Fsp3) is 0.0667. The molecule has 1 aromatic carbocycles. The number of nitrogens with zero attached hydrogens (tertiary/aromatic N) is 1. The minimum Gasteiger partial charge on any atom is -0.496 e. The lowest BCUT2D eigenvalue weighted by atomic mass is 10.1. The predicted molar refractivity (Wildman–Crippen MR) is 82.8 cm³/mol. The number of aromatic nitrogens is 2. The van der Waals surface area contributed by atoms with Crippen LogP contribution in [0.4, 0.5) is 5.69 Å². The lowest BCUT2D eigenvalue weighted by Gasteiger charge is -2.04. The van der Waals surface area contributed by atoms with Gasteiger partial charge in [-0.25, -0.2) is 0 Å². The Morgan fingerprint density at radius 2 is 2.10 bits per heavy atom. The Labute approximate surface area is 125 Å². The third-order valence-corrected chi connectivity index (χ3v) is 3.90. The van der Waals surface area contributed by atoms with Gasteiger partial charge in [0.05, 0.1) is 17.7 Å². The Kier molecular flexibility index (Phi) is 3.70. The second-order valence-corrected chi connectivity index (χ2v) is 5.26. The predicted octanol–water partition coefficient (Wildman–Crippen LogP) is 3.40. The fourth-order valence-electron chi connectivity index (χ4n) is 1.89. The number of aromatic amines is 1. The van der Waals surface area contributed by atoms with Crippen molar-refractivity contribution in [3.8, 4) is 17.0 Å². The van der Waals surface area contributed by atoms with Gasteiger partial charge in [-0.1, -0.05) is 12.1 Å². The normalized spacial score (nSPS) is 10.3. The zero-order valence-electron chi connectivity index (χ0n) is 11.3. The summed E-state index contributed by atoms with van der Waals surface area (Å²) >= 11 is 1.35. The highest BCUT2D eigenvalue weighted by atomic mass is 32.1. The first-order chi connectivity index (χ1) is 10.3. The molecule has 3 rings (SSSR count). The lowest BCUT2D eigenvalue weighted by Crippen LogP contribution is -2.09. The first-order valence-electron chi connectivity index (χ1n) is 6.30. The van der Waals surface area contributed by atoms with Gasteiger partial charge in [0, 0.05) is 23.3 Å². The molecule has 1 amide bonds. The van der Waals surface area contributed by atoms with E-state index < -0.39 is 0 Å². The van der Waals surface area contributed by atoms with E-state index in [1.165, 1.54) is 11.3 Å². The molecule has 2 N–H and O–H groups in total. The molecule has 2 aromatic heterocycles. The number of carbonyl (C=O) groups is 1. The van der Waals surface area contributed by atoms with Gasteiger partial charge in [0.15, 0.2) is 0 Å². The molecule has 21 heavy (non-hydrogen) atoms. The van der Waals surface area contributed by atoms with Crippen molar-refractivity contribution in [2.45, 2.75) is 0 Å². The van der Waals surface area contributed by atoms with Crippen LogP contribution < -0.4 is 10.1 Å². The van der Waals surface area contributed by atoms with E-state index in [9.17, 15) is 4.79 Å². The van der Waals surface area contributed by atoms with Gasteiger partial charge < -0.3 is 10.1 Å². The molecule has 0 saturated carbocycles. The highest BCUT2D eigenvalue weighted by Crippen LogP contribution is 2.23. The number of carbonyl (C=O) groups excluding carboxylic acids is 1. The number of H-pyrrole nitrogens is 1. The van der Waals surface area contributed by atoms with Crippen molar-refractivity contribution < 1.29 is 9.53 Å². The van der Waals surface area contributed by atoms with E-state index in [0.29, 0.717) is 10.6 Å². The minimum absolute atomic E-state index is 0.141.